The number of amides is 2. The number of carbonyl (C=O) groups excluding carboxylic acids is 5. The number of halogens is 2. The van der Waals surface area contributed by atoms with E-state index in [1.54, 1.807) is 62.5 Å². The standard InChI is InChI=1S/C18H17ClN2O4.C11H13BrN2O3/c1-2-25-17(23)7-8-20-18(24)16-6-4-12(10-21-16)15-9-14(19)5-3-13(15)11-22;1-2-17-10(15)5-6-13-11(16)9-4-3-8(12)7-14-9/h3-6,9-11H,2,7-8H2,1H3,(H,20,24);3-4,7H,2,5-6H2,1H3,(H,13,16). The Kier molecular flexibility index (Phi) is 14.8. The third-order valence-electron chi connectivity index (χ3n) is 5.25. The number of nitrogens with one attached hydrogen (secondary N) is 2. The van der Waals surface area contributed by atoms with Crippen molar-refractivity contribution in [3.05, 3.63) is 81.3 Å². The molecule has 0 atom stereocenters. The Morgan fingerprint density at radius 1 is 0.833 bits per heavy atom. The Morgan fingerprint density at radius 3 is 1.83 bits per heavy atom. The molecular weight excluding hydrogens is 632 g/mol. The second-order valence-corrected chi connectivity index (χ2v) is 9.62. The molecule has 222 valence electrons. The molecule has 0 spiro atoms. The summed E-state index contributed by atoms with van der Waals surface area (Å²) in [4.78, 5) is 65.0. The van der Waals surface area contributed by atoms with Gasteiger partial charge in [-0.25, -0.2) is 4.98 Å². The summed E-state index contributed by atoms with van der Waals surface area (Å²) in [6.45, 7) is 4.53. The Bertz CT molecular complexity index is 1370. The van der Waals surface area contributed by atoms with Crippen LogP contribution in [0.4, 0.5) is 0 Å². The van der Waals surface area contributed by atoms with Crippen LogP contribution in [0.5, 0.6) is 0 Å². The van der Waals surface area contributed by atoms with Gasteiger partial charge in [-0.1, -0.05) is 17.7 Å². The number of aromatic nitrogens is 2. The molecule has 0 saturated carbocycles. The molecule has 0 aliphatic rings. The fraction of sp³-hybridized carbons (Fsp3) is 0.276. The van der Waals surface area contributed by atoms with E-state index in [1.807, 2.05) is 0 Å². The number of ether oxygens (including phenoxy) is 2. The maximum Gasteiger partial charge on any atom is 0.307 e. The summed E-state index contributed by atoms with van der Waals surface area (Å²) in [5, 5.41) is 5.69. The summed E-state index contributed by atoms with van der Waals surface area (Å²) < 4.78 is 10.3. The van der Waals surface area contributed by atoms with Crippen LogP contribution in [0.2, 0.25) is 5.02 Å². The Labute approximate surface area is 256 Å². The lowest BCUT2D eigenvalue weighted by atomic mass is 10.0. The van der Waals surface area contributed by atoms with E-state index in [0.717, 1.165) is 10.8 Å². The topological polar surface area (TPSA) is 154 Å². The van der Waals surface area contributed by atoms with Gasteiger partial charge in [-0.3, -0.25) is 29.0 Å². The molecule has 11 nitrogen and oxygen atoms in total. The molecule has 0 bridgehead atoms. The van der Waals surface area contributed by atoms with Crippen molar-refractivity contribution >= 4 is 57.6 Å². The number of aldehydes is 1. The number of nitrogens with zero attached hydrogens (tertiary/aromatic N) is 2. The van der Waals surface area contributed by atoms with Crippen molar-refractivity contribution in [3.63, 3.8) is 0 Å². The minimum absolute atomic E-state index is 0.100. The second kappa shape index (κ2) is 18.3. The second-order valence-electron chi connectivity index (χ2n) is 8.27. The minimum Gasteiger partial charge on any atom is -0.466 e. The van der Waals surface area contributed by atoms with Crippen molar-refractivity contribution in [2.45, 2.75) is 26.7 Å². The monoisotopic (exact) mass is 660 g/mol. The van der Waals surface area contributed by atoms with Gasteiger partial charge in [0.15, 0.2) is 6.29 Å². The number of hydrogen-bond acceptors (Lipinski definition) is 9. The van der Waals surface area contributed by atoms with Crippen molar-refractivity contribution < 1.29 is 33.4 Å². The molecule has 0 aliphatic heterocycles. The highest BCUT2D eigenvalue weighted by Crippen LogP contribution is 2.25. The molecule has 42 heavy (non-hydrogen) atoms. The highest BCUT2D eigenvalue weighted by atomic mass is 79.9. The Hall–Kier alpha value is -4.16. The van der Waals surface area contributed by atoms with Gasteiger partial charge < -0.3 is 20.1 Å². The van der Waals surface area contributed by atoms with E-state index in [9.17, 15) is 24.0 Å². The summed E-state index contributed by atoms with van der Waals surface area (Å²) >= 11 is 9.20. The molecule has 2 N–H and O–H groups in total. The number of pyridine rings is 2. The molecule has 1 aromatic carbocycles. The van der Waals surface area contributed by atoms with Crippen LogP contribution in [-0.2, 0) is 19.1 Å². The lowest BCUT2D eigenvalue weighted by molar-refractivity contribution is -0.143. The largest absolute Gasteiger partial charge is 0.466 e. The van der Waals surface area contributed by atoms with Gasteiger partial charge in [0.2, 0.25) is 0 Å². The molecule has 0 radical (unpaired) electrons. The first-order valence-electron chi connectivity index (χ1n) is 12.9. The molecule has 0 unspecified atom stereocenters. The van der Waals surface area contributed by atoms with Crippen LogP contribution >= 0.6 is 27.5 Å². The van der Waals surface area contributed by atoms with Gasteiger partial charge in [0.05, 0.1) is 26.1 Å². The van der Waals surface area contributed by atoms with Crippen LogP contribution in [0.15, 0.2) is 59.3 Å². The van der Waals surface area contributed by atoms with Crippen LogP contribution in [0.25, 0.3) is 11.1 Å². The average molecular weight is 662 g/mol. The van der Waals surface area contributed by atoms with Gasteiger partial charge in [0, 0.05) is 46.1 Å². The van der Waals surface area contributed by atoms with Gasteiger partial charge >= 0.3 is 11.9 Å². The van der Waals surface area contributed by atoms with E-state index in [0.29, 0.717) is 40.6 Å². The normalized spacial score (nSPS) is 10.0. The molecule has 0 saturated heterocycles. The van der Waals surface area contributed by atoms with Crippen LogP contribution in [0.3, 0.4) is 0 Å². The fourth-order valence-electron chi connectivity index (χ4n) is 3.28. The first-order valence-corrected chi connectivity index (χ1v) is 14.1. The molecule has 2 amide bonds. The third kappa shape index (κ3) is 11.8. The zero-order chi connectivity index (χ0) is 30.9. The summed E-state index contributed by atoms with van der Waals surface area (Å²) in [6.07, 6.45) is 4.04. The maximum atomic E-state index is 12.0. The zero-order valence-electron chi connectivity index (χ0n) is 23.0. The predicted octanol–water partition coefficient (Wildman–Crippen LogP) is 4.42. The van der Waals surface area contributed by atoms with Gasteiger partial charge in [-0.2, -0.15) is 0 Å². The van der Waals surface area contributed by atoms with Crippen molar-refractivity contribution in [2.75, 3.05) is 26.3 Å². The first kappa shape index (κ1) is 34.0. The fourth-order valence-corrected chi connectivity index (χ4v) is 3.69. The molecule has 2 aromatic heterocycles. The van der Waals surface area contributed by atoms with Gasteiger partial charge in [-0.15, -0.1) is 0 Å². The number of hydrogen-bond donors (Lipinski definition) is 2. The van der Waals surface area contributed by atoms with E-state index < -0.39 is 5.91 Å². The van der Waals surface area contributed by atoms with Crippen LogP contribution < -0.4 is 10.6 Å². The van der Waals surface area contributed by atoms with E-state index in [-0.39, 0.29) is 49.5 Å². The average Bonchev–Trinajstić information content (AvgIpc) is 2.98. The molecule has 2 heterocycles. The SMILES string of the molecule is CCOC(=O)CCNC(=O)c1ccc(-c2cc(Cl)ccc2C=O)cn1.CCOC(=O)CCNC(=O)c1ccc(Br)cn1. The van der Waals surface area contributed by atoms with Crippen LogP contribution in [0, 0.1) is 0 Å². The number of esters is 2. The zero-order valence-corrected chi connectivity index (χ0v) is 25.4. The van der Waals surface area contributed by atoms with Crippen molar-refractivity contribution in [1.29, 1.82) is 0 Å². The van der Waals surface area contributed by atoms with Crippen molar-refractivity contribution in [1.82, 2.24) is 20.6 Å². The van der Waals surface area contributed by atoms with E-state index in [1.165, 1.54) is 6.20 Å². The summed E-state index contributed by atoms with van der Waals surface area (Å²) in [5.74, 6) is -1.38. The quantitative estimate of drug-likeness (QED) is 0.212. The molecular formula is C29H30BrClN4O7. The first-order chi connectivity index (χ1) is 20.2. The van der Waals surface area contributed by atoms with E-state index in [4.69, 9.17) is 21.1 Å². The van der Waals surface area contributed by atoms with Crippen molar-refractivity contribution in [3.8, 4) is 11.1 Å². The molecule has 3 rings (SSSR count). The van der Waals surface area contributed by atoms with Gasteiger partial charge in [-0.05, 0) is 71.7 Å². The number of carbonyl (C=O) groups is 5. The molecule has 0 aliphatic carbocycles. The van der Waals surface area contributed by atoms with Crippen LogP contribution in [-0.4, -0.2) is 66.3 Å². The molecule has 3 aromatic rings. The van der Waals surface area contributed by atoms with E-state index in [2.05, 4.69) is 36.5 Å². The minimum atomic E-state index is -0.391. The predicted molar refractivity (Wildman–Crippen MR) is 159 cm³/mol. The van der Waals surface area contributed by atoms with Crippen LogP contribution in [0.1, 0.15) is 58.0 Å². The number of benzene rings is 1. The van der Waals surface area contributed by atoms with Gasteiger partial charge in [0.25, 0.3) is 11.8 Å². The molecule has 13 heteroatoms. The Balaban J connectivity index is 0.000000317. The van der Waals surface area contributed by atoms with Crippen molar-refractivity contribution in [2.24, 2.45) is 0 Å². The highest BCUT2D eigenvalue weighted by Gasteiger charge is 2.11. The smallest absolute Gasteiger partial charge is 0.307 e. The summed E-state index contributed by atoms with van der Waals surface area (Å²) in [6, 6.07) is 11.5. The third-order valence-corrected chi connectivity index (χ3v) is 5.95. The summed E-state index contributed by atoms with van der Waals surface area (Å²) in [5.41, 5.74) is 2.33. The lowest BCUT2D eigenvalue weighted by Gasteiger charge is -2.07. The molecule has 0 fully saturated rings. The van der Waals surface area contributed by atoms with Gasteiger partial charge in [0.1, 0.15) is 11.4 Å². The lowest BCUT2D eigenvalue weighted by Crippen LogP contribution is -2.27. The summed E-state index contributed by atoms with van der Waals surface area (Å²) in [7, 11) is 0. The number of rotatable bonds is 12. The highest BCUT2D eigenvalue weighted by molar-refractivity contribution is 9.10. The maximum absolute atomic E-state index is 12.0. The van der Waals surface area contributed by atoms with E-state index >= 15 is 0 Å². The Morgan fingerprint density at radius 2 is 1.38 bits per heavy atom.